The lowest BCUT2D eigenvalue weighted by molar-refractivity contribution is 0.0904. The number of nitrogens with one attached hydrogen (secondary N) is 3. The molecule has 2 aromatic heterocycles. The van der Waals surface area contributed by atoms with E-state index in [2.05, 4.69) is 59.8 Å². The number of anilines is 3. The van der Waals surface area contributed by atoms with Crippen molar-refractivity contribution in [1.82, 2.24) is 20.2 Å². The minimum absolute atomic E-state index is 0. The second kappa shape index (κ2) is 8.44. The maximum atomic E-state index is 5.49. The molecule has 1 aliphatic rings. The first-order chi connectivity index (χ1) is 14.4. The molecule has 0 aliphatic carbocycles. The van der Waals surface area contributed by atoms with Gasteiger partial charge in [0.25, 0.3) is 0 Å². The van der Waals surface area contributed by atoms with Gasteiger partial charge < -0.3 is 15.4 Å². The van der Waals surface area contributed by atoms with Crippen molar-refractivity contribution < 1.29 is 6.16 Å². The van der Waals surface area contributed by atoms with E-state index in [1.165, 1.54) is 5.56 Å². The largest absolute Gasteiger partial charge is 0.381 e. The van der Waals surface area contributed by atoms with Crippen LogP contribution in [0.3, 0.4) is 0 Å². The maximum Gasteiger partial charge on any atom is 0.164 e. The predicted molar refractivity (Wildman–Crippen MR) is 122 cm³/mol. The predicted octanol–water partition coefficient (Wildman–Crippen LogP) is 5.05. The van der Waals surface area contributed by atoms with E-state index < -0.39 is 0 Å². The van der Waals surface area contributed by atoms with Gasteiger partial charge in [-0.1, -0.05) is 45.0 Å². The van der Waals surface area contributed by atoms with Crippen molar-refractivity contribution in [3.8, 4) is 11.4 Å². The molecule has 1 aromatic carbocycles. The van der Waals surface area contributed by atoms with E-state index in [0.29, 0.717) is 17.7 Å². The molecule has 0 bridgehead atoms. The smallest absolute Gasteiger partial charge is 0.164 e. The Morgan fingerprint density at radius 1 is 1.03 bits per heavy atom. The summed E-state index contributed by atoms with van der Waals surface area (Å²) in [5, 5.41) is 14.1. The highest BCUT2D eigenvalue weighted by atomic mass is 16.5. The van der Waals surface area contributed by atoms with Gasteiger partial charge in [-0.25, -0.2) is 9.97 Å². The van der Waals surface area contributed by atoms with Gasteiger partial charge in [0.2, 0.25) is 0 Å². The number of aromatic amines is 1. The Kier molecular flexibility index (Phi) is 5.72. The summed E-state index contributed by atoms with van der Waals surface area (Å²) in [6.07, 6.45) is 1.94. The summed E-state index contributed by atoms with van der Waals surface area (Å²) >= 11 is 0. The van der Waals surface area contributed by atoms with Crippen molar-refractivity contribution >= 4 is 17.5 Å². The molecule has 0 saturated carbocycles. The van der Waals surface area contributed by atoms with Gasteiger partial charge in [0.15, 0.2) is 11.6 Å². The molecule has 1 fully saturated rings. The van der Waals surface area contributed by atoms with Crippen molar-refractivity contribution in [3.63, 3.8) is 0 Å². The van der Waals surface area contributed by atoms with Gasteiger partial charge >= 0.3 is 0 Å². The molecule has 4 rings (SSSR count). The number of hydrogen-bond acceptors (Lipinski definition) is 6. The lowest BCUT2D eigenvalue weighted by Gasteiger charge is -2.25. The van der Waals surface area contributed by atoms with Gasteiger partial charge in [-0.3, -0.25) is 5.10 Å². The summed E-state index contributed by atoms with van der Waals surface area (Å²) in [7, 11) is 0. The average Bonchev–Trinajstić information content (AvgIpc) is 3.12. The van der Waals surface area contributed by atoms with Crippen molar-refractivity contribution in [1.29, 1.82) is 0 Å². The first kappa shape index (κ1) is 20.3. The molecule has 0 spiro atoms. The minimum Gasteiger partial charge on any atom is -0.381 e. The zero-order chi connectivity index (χ0) is 21.1. The Morgan fingerprint density at radius 2 is 1.77 bits per heavy atom. The topological polar surface area (TPSA) is 87.8 Å². The Morgan fingerprint density at radius 3 is 2.47 bits per heavy atom. The summed E-state index contributed by atoms with van der Waals surface area (Å²) in [5.74, 6) is 2.96. The maximum absolute atomic E-state index is 5.49. The van der Waals surface area contributed by atoms with Crippen LogP contribution in [0.25, 0.3) is 11.4 Å². The molecule has 3 N–H and O–H groups in total. The fraction of sp³-hybridized carbons (Fsp3) is 0.435. The van der Waals surface area contributed by atoms with Crippen LogP contribution in [0, 0.1) is 6.92 Å². The Bertz CT molecular complexity index is 1010. The van der Waals surface area contributed by atoms with Crippen molar-refractivity contribution in [2.24, 2.45) is 0 Å². The lowest BCUT2D eigenvalue weighted by atomic mass is 9.83. The molecule has 7 nitrogen and oxygen atoms in total. The van der Waals surface area contributed by atoms with Crippen LogP contribution in [0.2, 0.25) is 0 Å². The van der Waals surface area contributed by atoms with E-state index in [4.69, 9.17) is 14.7 Å². The Labute approximate surface area is 179 Å². The number of ether oxygens (including phenoxy) is 1. The fourth-order valence-corrected chi connectivity index (χ4v) is 3.70. The minimum atomic E-state index is -0.0169. The van der Waals surface area contributed by atoms with Crippen molar-refractivity contribution in [2.45, 2.75) is 52.0 Å². The van der Waals surface area contributed by atoms with Crippen LogP contribution in [-0.2, 0) is 10.2 Å². The Balaban J connectivity index is 0.00000272. The number of aryl methyl sites for hydroxylation is 1. The third kappa shape index (κ3) is 4.79. The molecular weight excluding hydrogens is 376 g/mol. The number of H-pyrrole nitrogens is 1. The molecule has 0 radical (unpaired) electrons. The summed E-state index contributed by atoms with van der Waals surface area (Å²) in [5.41, 5.74) is 3.24. The van der Waals surface area contributed by atoms with Gasteiger partial charge in [0.1, 0.15) is 11.6 Å². The Hall–Kier alpha value is -2.93. The molecule has 3 heterocycles. The SMILES string of the molecule is Cc1cc(Nc2cc(NC3CCOCC3)nc(-c3ccccc3C(C)(C)C)n2)n[nH]1.[HH]. The molecule has 1 saturated heterocycles. The highest BCUT2D eigenvalue weighted by Crippen LogP contribution is 2.33. The zero-order valence-corrected chi connectivity index (χ0v) is 18.1. The van der Waals surface area contributed by atoms with Crippen LogP contribution in [0.1, 0.15) is 46.3 Å². The molecule has 1 aliphatic heterocycles. The van der Waals surface area contributed by atoms with Gasteiger partial charge in [-0.15, -0.1) is 0 Å². The monoisotopic (exact) mass is 408 g/mol. The first-order valence-electron chi connectivity index (χ1n) is 10.5. The van der Waals surface area contributed by atoms with E-state index in [1.807, 2.05) is 25.1 Å². The van der Waals surface area contributed by atoms with E-state index in [0.717, 1.165) is 48.9 Å². The van der Waals surface area contributed by atoms with E-state index in [9.17, 15) is 0 Å². The van der Waals surface area contributed by atoms with Crippen molar-refractivity contribution in [2.75, 3.05) is 23.8 Å². The zero-order valence-electron chi connectivity index (χ0n) is 18.1. The van der Waals surface area contributed by atoms with E-state index in [1.54, 1.807) is 0 Å². The van der Waals surface area contributed by atoms with Crippen LogP contribution in [0.4, 0.5) is 17.5 Å². The van der Waals surface area contributed by atoms with E-state index >= 15 is 0 Å². The summed E-state index contributed by atoms with van der Waals surface area (Å²) in [6, 6.07) is 12.6. The average molecular weight is 409 g/mol. The van der Waals surface area contributed by atoms with Crippen LogP contribution in [-0.4, -0.2) is 39.4 Å². The van der Waals surface area contributed by atoms with Gasteiger partial charge in [-0.05, 0) is 30.7 Å². The van der Waals surface area contributed by atoms with Crippen LogP contribution in [0.15, 0.2) is 36.4 Å². The lowest BCUT2D eigenvalue weighted by Crippen LogP contribution is -2.28. The van der Waals surface area contributed by atoms with Crippen molar-refractivity contribution in [3.05, 3.63) is 47.7 Å². The number of aromatic nitrogens is 4. The van der Waals surface area contributed by atoms with Gasteiger partial charge in [0, 0.05) is 44.1 Å². The quantitative estimate of drug-likeness (QED) is 0.547. The highest BCUT2D eigenvalue weighted by molar-refractivity contribution is 5.67. The number of nitrogens with zero attached hydrogens (tertiary/aromatic N) is 3. The van der Waals surface area contributed by atoms with Crippen LogP contribution >= 0.6 is 0 Å². The van der Waals surface area contributed by atoms with Gasteiger partial charge in [0.05, 0.1) is 0 Å². The molecule has 0 unspecified atom stereocenters. The van der Waals surface area contributed by atoms with E-state index in [-0.39, 0.29) is 6.84 Å². The number of rotatable bonds is 5. The normalized spacial score (nSPS) is 15.2. The second-order valence-corrected chi connectivity index (χ2v) is 8.85. The molecule has 30 heavy (non-hydrogen) atoms. The number of hydrogen-bond donors (Lipinski definition) is 3. The standard InChI is InChI=1S/C23H30N6O.H2/c1-15-13-21(29-28-15)25-20-14-19(24-16-9-11-30-12-10-16)26-22(27-20)17-7-5-6-8-18(17)23(2,3)4;/h5-8,13-14,16H,9-12H2,1-4H3,(H3,24,25,26,27,28,29);1H. The number of benzene rings is 1. The molecule has 160 valence electrons. The molecular formula is C23H32N6O. The second-order valence-electron chi connectivity index (χ2n) is 8.85. The summed E-state index contributed by atoms with van der Waals surface area (Å²) in [6.45, 7) is 10.2. The molecule has 3 aromatic rings. The third-order valence-electron chi connectivity index (χ3n) is 5.24. The molecule has 0 atom stereocenters. The van der Waals surface area contributed by atoms with Crippen LogP contribution in [0.5, 0.6) is 0 Å². The first-order valence-corrected chi connectivity index (χ1v) is 10.5. The summed E-state index contributed by atoms with van der Waals surface area (Å²) < 4.78 is 5.49. The van der Waals surface area contributed by atoms with Gasteiger partial charge in [-0.2, -0.15) is 5.10 Å². The van der Waals surface area contributed by atoms with Crippen LogP contribution < -0.4 is 10.6 Å². The fourth-order valence-electron chi connectivity index (χ4n) is 3.70. The highest BCUT2D eigenvalue weighted by Gasteiger charge is 2.21. The summed E-state index contributed by atoms with van der Waals surface area (Å²) in [4.78, 5) is 9.72. The molecule has 0 amide bonds. The molecule has 7 heteroatoms. The third-order valence-corrected chi connectivity index (χ3v) is 5.24.